The van der Waals surface area contributed by atoms with Gasteiger partial charge in [-0.15, -0.1) is 11.3 Å². The fraction of sp³-hybridized carbons (Fsp3) is 0.231. The predicted octanol–water partition coefficient (Wildman–Crippen LogP) is 3.43. The maximum atomic E-state index is 13.2. The van der Waals surface area contributed by atoms with Crippen LogP contribution in [-0.2, 0) is 4.74 Å². The number of esters is 1. The Bertz CT molecular complexity index is 580. The molecule has 18 heavy (non-hydrogen) atoms. The zero-order chi connectivity index (χ0) is 13.1. The van der Waals surface area contributed by atoms with Gasteiger partial charge < -0.3 is 4.74 Å². The first-order chi connectivity index (χ1) is 8.61. The van der Waals surface area contributed by atoms with Crippen molar-refractivity contribution in [1.82, 2.24) is 4.98 Å². The Morgan fingerprint density at radius 3 is 2.94 bits per heavy atom. The molecule has 0 fully saturated rings. The van der Waals surface area contributed by atoms with Crippen molar-refractivity contribution < 1.29 is 13.9 Å². The van der Waals surface area contributed by atoms with Crippen molar-refractivity contribution in [2.75, 3.05) is 6.61 Å². The third-order valence-corrected chi connectivity index (χ3v) is 3.23. The number of aromatic nitrogens is 1. The van der Waals surface area contributed by atoms with Gasteiger partial charge in [-0.3, -0.25) is 0 Å². The zero-order valence-electron chi connectivity index (χ0n) is 10.1. The largest absolute Gasteiger partial charge is 0.461 e. The van der Waals surface area contributed by atoms with E-state index in [9.17, 15) is 9.18 Å². The lowest BCUT2D eigenvalue weighted by atomic mass is 10.1. The Labute approximate surface area is 108 Å². The van der Waals surface area contributed by atoms with Gasteiger partial charge in [-0.2, -0.15) is 0 Å². The molecular formula is C13H12FNO2S. The topological polar surface area (TPSA) is 39.2 Å². The molecule has 0 aliphatic carbocycles. The van der Waals surface area contributed by atoms with Crippen molar-refractivity contribution in [3.05, 3.63) is 40.0 Å². The molecule has 94 valence electrons. The van der Waals surface area contributed by atoms with E-state index in [4.69, 9.17) is 4.74 Å². The molecule has 0 spiro atoms. The Balaban J connectivity index is 2.29. The van der Waals surface area contributed by atoms with Crippen LogP contribution < -0.4 is 0 Å². The van der Waals surface area contributed by atoms with E-state index in [-0.39, 0.29) is 5.82 Å². The number of hydrogen-bond acceptors (Lipinski definition) is 4. The van der Waals surface area contributed by atoms with Gasteiger partial charge in [-0.1, -0.05) is 0 Å². The number of halogens is 1. The minimum Gasteiger partial charge on any atom is -0.461 e. The number of carbonyl (C=O) groups excluding carboxylic acids is 1. The number of aryl methyl sites for hydroxylation is 1. The summed E-state index contributed by atoms with van der Waals surface area (Å²) in [5.41, 5.74) is 2.00. The molecule has 0 amide bonds. The standard InChI is InChI=1S/C13H12FNO2S/c1-3-17-13(16)12-15-11(7-18-12)9-4-5-10(14)8(2)6-9/h4-7H,3H2,1-2H3. The number of rotatable bonds is 3. The van der Waals surface area contributed by atoms with Crippen LogP contribution in [0.15, 0.2) is 23.6 Å². The molecule has 0 aliphatic heterocycles. The lowest BCUT2D eigenvalue weighted by molar-refractivity contribution is 0.0526. The van der Waals surface area contributed by atoms with Gasteiger partial charge in [0.15, 0.2) is 0 Å². The molecule has 0 bridgehead atoms. The lowest BCUT2D eigenvalue weighted by Crippen LogP contribution is -2.03. The summed E-state index contributed by atoms with van der Waals surface area (Å²) < 4.78 is 18.0. The zero-order valence-corrected chi connectivity index (χ0v) is 10.9. The summed E-state index contributed by atoms with van der Waals surface area (Å²) in [6, 6.07) is 4.75. The summed E-state index contributed by atoms with van der Waals surface area (Å²) in [5.74, 6) is -0.674. The van der Waals surface area contributed by atoms with Crippen molar-refractivity contribution >= 4 is 17.3 Å². The highest BCUT2D eigenvalue weighted by atomic mass is 32.1. The quantitative estimate of drug-likeness (QED) is 0.798. The molecule has 2 aromatic rings. The summed E-state index contributed by atoms with van der Waals surface area (Å²) >= 11 is 1.22. The Kier molecular flexibility index (Phi) is 3.72. The Morgan fingerprint density at radius 1 is 1.50 bits per heavy atom. The molecule has 0 N–H and O–H groups in total. The van der Waals surface area contributed by atoms with Crippen LogP contribution in [0.4, 0.5) is 4.39 Å². The van der Waals surface area contributed by atoms with Crippen LogP contribution in [0.25, 0.3) is 11.3 Å². The van der Waals surface area contributed by atoms with Crippen LogP contribution in [0, 0.1) is 12.7 Å². The van der Waals surface area contributed by atoms with Gasteiger partial charge in [0.25, 0.3) is 0 Å². The summed E-state index contributed by atoms with van der Waals surface area (Å²) in [7, 11) is 0. The molecule has 0 aliphatic rings. The monoisotopic (exact) mass is 265 g/mol. The highest BCUT2D eigenvalue weighted by Crippen LogP contribution is 2.24. The minimum atomic E-state index is -0.424. The van der Waals surface area contributed by atoms with Gasteiger partial charge in [0, 0.05) is 10.9 Å². The van der Waals surface area contributed by atoms with E-state index in [0.717, 1.165) is 5.56 Å². The number of hydrogen-bond donors (Lipinski definition) is 0. The third-order valence-electron chi connectivity index (χ3n) is 2.41. The van der Waals surface area contributed by atoms with Crippen molar-refractivity contribution in [3.63, 3.8) is 0 Å². The summed E-state index contributed by atoms with van der Waals surface area (Å²) in [6.07, 6.45) is 0. The van der Waals surface area contributed by atoms with Crippen molar-refractivity contribution in [2.24, 2.45) is 0 Å². The molecular weight excluding hydrogens is 253 g/mol. The van der Waals surface area contributed by atoms with Gasteiger partial charge in [0.2, 0.25) is 5.01 Å². The van der Waals surface area contributed by atoms with E-state index in [0.29, 0.717) is 22.9 Å². The van der Waals surface area contributed by atoms with E-state index < -0.39 is 5.97 Å². The first-order valence-electron chi connectivity index (χ1n) is 5.51. The third kappa shape index (κ3) is 2.56. The number of ether oxygens (including phenoxy) is 1. The van der Waals surface area contributed by atoms with Crippen LogP contribution in [0.2, 0.25) is 0 Å². The fourth-order valence-electron chi connectivity index (χ4n) is 1.50. The molecule has 3 nitrogen and oxygen atoms in total. The lowest BCUT2D eigenvalue weighted by Gasteiger charge is -2.00. The molecule has 0 unspecified atom stereocenters. The number of benzene rings is 1. The molecule has 1 heterocycles. The SMILES string of the molecule is CCOC(=O)c1nc(-c2ccc(F)c(C)c2)cs1. The van der Waals surface area contributed by atoms with E-state index in [1.54, 1.807) is 31.4 Å². The highest BCUT2D eigenvalue weighted by molar-refractivity contribution is 7.11. The summed E-state index contributed by atoms with van der Waals surface area (Å²) in [6.45, 7) is 3.76. The predicted molar refractivity (Wildman–Crippen MR) is 68.2 cm³/mol. The van der Waals surface area contributed by atoms with E-state index in [1.165, 1.54) is 17.4 Å². The highest BCUT2D eigenvalue weighted by Gasteiger charge is 2.13. The molecule has 0 saturated carbocycles. The van der Waals surface area contributed by atoms with Crippen molar-refractivity contribution in [1.29, 1.82) is 0 Å². The van der Waals surface area contributed by atoms with E-state index in [1.807, 2.05) is 0 Å². The van der Waals surface area contributed by atoms with E-state index >= 15 is 0 Å². The molecule has 1 aromatic heterocycles. The van der Waals surface area contributed by atoms with Crippen LogP contribution in [0.1, 0.15) is 22.3 Å². The van der Waals surface area contributed by atoms with E-state index in [2.05, 4.69) is 4.98 Å². The number of thiazole rings is 1. The first-order valence-corrected chi connectivity index (χ1v) is 6.39. The summed E-state index contributed by atoms with van der Waals surface area (Å²) in [5, 5.41) is 2.08. The van der Waals surface area contributed by atoms with Gasteiger partial charge in [-0.05, 0) is 37.6 Å². The van der Waals surface area contributed by atoms with Gasteiger partial charge in [0.1, 0.15) is 5.82 Å². The molecule has 0 atom stereocenters. The van der Waals surface area contributed by atoms with Crippen LogP contribution >= 0.6 is 11.3 Å². The minimum absolute atomic E-state index is 0.250. The van der Waals surface area contributed by atoms with Crippen LogP contribution in [0.5, 0.6) is 0 Å². The second kappa shape index (κ2) is 5.27. The molecule has 0 saturated heterocycles. The smallest absolute Gasteiger partial charge is 0.367 e. The van der Waals surface area contributed by atoms with Gasteiger partial charge in [0.05, 0.1) is 12.3 Å². The Hall–Kier alpha value is -1.75. The second-order valence-electron chi connectivity index (χ2n) is 3.72. The molecule has 0 radical (unpaired) electrons. The number of carbonyl (C=O) groups is 1. The maximum Gasteiger partial charge on any atom is 0.367 e. The van der Waals surface area contributed by atoms with Crippen LogP contribution in [0.3, 0.4) is 0 Å². The van der Waals surface area contributed by atoms with Crippen molar-refractivity contribution in [3.8, 4) is 11.3 Å². The average molecular weight is 265 g/mol. The normalized spacial score (nSPS) is 10.4. The first kappa shape index (κ1) is 12.7. The maximum absolute atomic E-state index is 13.2. The van der Waals surface area contributed by atoms with Gasteiger partial charge >= 0.3 is 5.97 Å². The molecule has 5 heteroatoms. The number of nitrogens with zero attached hydrogens (tertiary/aromatic N) is 1. The molecule has 2 rings (SSSR count). The summed E-state index contributed by atoms with van der Waals surface area (Å²) in [4.78, 5) is 15.7. The second-order valence-corrected chi connectivity index (χ2v) is 4.58. The van der Waals surface area contributed by atoms with Crippen LogP contribution in [-0.4, -0.2) is 17.6 Å². The fourth-order valence-corrected chi connectivity index (χ4v) is 2.22. The average Bonchev–Trinajstić information content (AvgIpc) is 2.82. The van der Waals surface area contributed by atoms with Gasteiger partial charge in [-0.25, -0.2) is 14.2 Å². The molecule has 1 aromatic carbocycles. The van der Waals surface area contributed by atoms with Crippen molar-refractivity contribution in [2.45, 2.75) is 13.8 Å². The Morgan fingerprint density at radius 2 is 2.28 bits per heavy atom.